The fraction of sp³-hybridized carbons (Fsp3) is 0.286. The van der Waals surface area contributed by atoms with E-state index >= 15 is 0 Å². The van der Waals surface area contributed by atoms with Crippen molar-refractivity contribution in [2.45, 2.75) is 11.3 Å². The first-order valence-electron chi connectivity index (χ1n) is 9.36. The largest absolute Gasteiger partial charge is 0.495 e. The number of ether oxygens (including phenoxy) is 2. The van der Waals surface area contributed by atoms with Gasteiger partial charge < -0.3 is 14.4 Å². The number of likely N-dealkylation sites (tertiary alicyclic amines) is 1. The number of hydrogen-bond donors (Lipinski definition) is 1. The summed E-state index contributed by atoms with van der Waals surface area (Å²) in [6.07, 6.45) is 2.62. The lowest BCUT2D eigenvalue weighted by molar-refractivity contribution is 0.0789. The Balaban J connectivity index is 1.92. The summed E-state index contributed by atoms with van der Waals surface area (Å²) in [6.45, 7) is 4.85. The van der Waals surface area contributed by atoms with Crippen LogP contribution in [0.15, 0.2) is 47.9 Å². The second kappa shape index (κ2) is 9.38. The van der Waals surface area contributed by atoms with Crippen molar-refractivity contribution >= 4 is 44.8 Å². The van der Waals surface area contributed by atoms with Crippen molar-refractivity contribution < 1.29 is 22.7 Å². The second-order valence-electron chi connectivity index (χ2n) is 6.97. The van der Waals surface area contributed by atoms with Gasteiger partial charge in [-0.05, 0) is 36.6 Å². The van der Waals surface area contributed by atoms with Gasteiger partial charge in [-0.25, -0.2) is 8.42 Å². The minimum absolute atomic E-state index is 0.117. The molecule has 1 atom stereocenters. The first-order chi connectivity index (χ1) is 14.7. The number of halogens is 2. The highest BCUT2D eigenvalue weighted by molar-refractivity contribution is 7.92. The van der Waals surface area contributed by atoms with Crippen LogP contribution in [0.3, 0.4) is 0 Å². The summed E-state index contributed by atoms with van der Waals surface area (Å²) in [7, 11) is -1.24. The molecule has 1 fully saturated rings. The van der Waals surface area contributed by atoms with Crippen LogP contribution in [0.1, 0.15) is 16.8 Å². The van der Waals surface area contributed by atoms with E-state index in [0.717, 1.165) is 6.42 Å². The number of anilines is 1. The highest BCUT2D eigenvalue weighted by atomic mass is 35.5. The van der Waals surface area contributed by atoms with E-state index in [1.165, 1.54) is 44.6 Å². The predicted molar refractivity (Wildman–Crippen MR) is 121 cm³/mol. The van der Waals surface area contributed by atoms with Crippen LogP contribution < -0.4 is 14.2 Å². The number of nitrogens with zero attached hydrogens (tertiary/aromatic N) is 1. The molecule has 0 aliphatic carbocycles. The summed E-state index contributed by atoms with van der Waals surface area (Å²) in [4.78, 5) is 14.4. The van der Waals surface area contributed by atoms with E-state index in [1.54, 1.807) is 4.90 Å². The SMILES string of the molecule is C=CC1CCN(C(=O)c2cc(S(=O)(=O)Nc3cc(Cl)c(OC)cc3OC)ccc2Cl)C1. The van der Waals surface area contributed by atoms with Crippen LogP contribution in [0.4, 0.5) is 5.69 Å². The molecular weight excluding hydrogens is 463 g/mol. The summed E-state index contributed by atoms with van der Waals surface area (Å²) in [6, 6.07) is 6.85. The van der Waals surface area contributed by atoms with Gasteiger partial charge in [-0.3, -0.25) is 9.52 Å². The minimum Gasteiger partial charge on any atom is -0.495 e. The molecule has 1 amide bonds. The third-order valence-electron chi connectivity index (χ3n) is 5.04. The van der Waals surface area contributed by atoms with Gasteiger partial charge in [0.25, 0.3) is 15.9 Å². The highest BCUT2D eigenvalue weighted by Crippen LogP contribution is 2.37. The Bertz CT molecular complexity index is 1120. The molecule has 10 heteroatoms. The average Bonchev–Trinajstić information content (AvgIpc) is 3.23. The van der Waals surface area contributed by atoms with Gasteiger partial charge in [-0.15, -0.1) is 6.58 Å². The third kappa shape index (κ3) is 4.92. The van der Waals surface area contributed by atoms with Crippen molar-refractivity contribution in [1.82, 2.24) is 4.90 Å². The second-order valence-corrected chi connectivity index (χ2v) is 9.47. The molecule has 0 spiro atoms. The zero-order valence-corrected chi connectivity index (χ0v) is 19.4. The lowest BCUT2D eigenvalue weighted by Crippen LogP contribution is -2.29. The highest BCUT2D eigenvalue weighted by Gasteiger charge is 2.28. The Morgan fingerprint density at radius 3 is 2.48 bits per heavy atom. The number of sulfonamides is 1. The zero-order chi connectivity index (χ0) is 22.8. The number of methoxy groups -OCH3 is 2. The Hall–Kier alpha value is -2.42. The molecule has 1 aliphatic rings. The first-order valence-corrected chi connectivity index (χ1v) is 11.6. The van der Waals surface area contributed by atoms with E-state index in [1.807, 2.05) is 6.08 Å². The molecule has 1 aliphatic heterocycles. The fourth-order valence-corrected chi connectivity index (χ4v) is 4.84. The molecule has 0 saturated carbocycles. The molecule has 31 heavy (non-hydrogen) atoms. The van der Waals surface area contributed by atoms with Crippen molar-refractivity contribution in [2.24, 2.45) is 5.92 Å². The Morgan fingerprint density at radius 2 is 1.87 bits per heavy atom. The molecule has 0 bridgehead atoms. The summed E-state index contributed by atoms with van der Waals surface area (Å²) in [5.74, 6) is 0.451. The van der Waals surface area contributed by atoms with Crippen LogP contribution in [0.25, 0.3) is 0 Å². The van der Waals surface area contributed by atoms with Gasteiger partial charge in [-0.2, -0.15) is 0 Å². The molecule has 2 aromatic carbocycles. The summed E-state index contributed by atoms with van der Waals surface area (Å²) < 4.78 is 38.8. The monoisotopic (exact) mass is 484 g/mol. The molecule has 1 heterocycles. The quantitative estimate of drug-likeness (QED) is 0.586. The molecule has 7 nitrogen and oxygen atoms in total. The molecule has 1 N–H and O–H groups in total. The Labute approximate surface area is 191 Å². The van der Waals surface area contributed by atoms with Crippen LogP contribution in [-0.2, 0) is 10.0 Å². The number of hydrogen-bond acceptors (Lipinski definition) is 5. The maximum absolute atomic E-state index is 13.0. The van der Waals surface area contributed by atoms with Crippen molar-refractivity contribution in [3.05, 3.63) is 58.6 Å². The Morgan fingerprint density at radius 1 is 1.16 bits per heavy atom. The van der Waals surface area contributed by atoms with Crippen molar-refractivity contribution in [1.29, 1.82) is 0 Å². The van der Waals surface area contributed by atoms with E-state index in [0.29, 0.717) is 18.8 Å². The number of rotatable bonds is 7. The van der Waals surface area contributed by atoms with Gasteiger partial charge in [-0.1, -0.05) is 29.3 Å². The summed E-state index contributed by atoms with van der Waals surface area (Å²) in [5, 5.41) is 0.384. The van der Waals surface area contributed by atoms with Crippen LogP contribution in [-0.4, -0.2) is 46.5 Å². The number of carbonyl (C=O) groups is 1. The molecule has 3 rings (SSSR count). The number of nitrogens with one attached hydrogen (secondary N) is 1. The summed E-state index contributed by atoms with van der Waals surface area (Å²) in [5.41, 5.74) is 0.249. The number of amides is 1. The molecule has 166 valence electrons. The molecule has 1 saturated heterocycles. The number of carbonyl (C=O) groups excluding carboxylic acids is 1. The molecule has 2 aromatic rings. The van der Waals surface area contributed by atoms with Crippen molar-refractivity contribution in [2.75, 3.05) is 32.0 Å². The molecule has 1 unspecified atom stereocenters. The van der Waals surface area contributed by atoms with Crippen LogP contribution in [0.5, 0.6) is 11.5 Å². The van der Waals surface area contributed by atoms with Crippen LogP contribution >= 0.6 is 23.2 Å². The predicted octanol–water partition coefficient (Wildman–Crippen LogP) is 4.46. The van der Waals surface area contributed by atoms with Gasteiger partial charge in [0.2, 0.25) is 0 Å². The average molecular weight is 485 g/mol. The maximum Gasteiger partial charge on any atom is 0.262 e. The van der Waals surface area contributed by atoms with E-state index in [4.69, 9.17) is 32.7 Å². The lowest BCUT2D eigenvalue weighted by Gasteiger charge is -2.18. The maximum atomic E-state index is 13.0. The van der Waals surface area contributed by atoms with Crippen LogP contribution in [0.2, 0.25) is 10.0 Å². The van der Waals surface area contributed by atoms with E-state index in [2.05, 4.69) is 11.3 Å². The molecular formula is C21H22Cl2N2O5S. The fourth-order valence-electron chi connectivity index (χ4n) is 3.31. The van der Waals surface area contributed by atoms with Gasteiger partial charge in [0, 0.05) is 19.2 Å². The smallest absolute Gasteiger partial charge is 0.262 e. The van der Waals surface area contributed by atoms with Crippen molar-refractivity contribution in [3.63, 3.8) is 0 Å². The first kappa shape index (κ1) is 23.2. The van der Waals surface area contributed by atoms with Crippen LogP contribution in [0, 0.1) is 5.92 Å². The normalized spacial score (nSPS) is 16.1. The lowest BCUT2D eigenvalue weighted by atomic mass is 10.1. The van der Waals surface area contributed by atoms with Gasteiger partial charge in [0.05, 0.1) is 40.4 Å². The minimum atomic E-state index is -4.07. The molecule has 0 aromatic heterocycles. The summed E-state index contributed by atoms with van der Waals surface area (Å²) >= 11 is 12.3. The van der Waals surface area contributed by atoms with E-state index in [9.17, 15) is 13.2 Å². The van der Waals surface area contributed by atoms with Gasteiger partial charge in [0.15, 0.2) is 0 Å². The topological polar surface area (TPSA) is 84.9 Å². The van der Waals surface area contributed by atoms with Gasteiger partial charge >= 0.3 is 0 Å². The number of benzene rings is 2. The standard InChI is InChI=1S/C21H22Cl2N2O5S/c1-4-13-7-8-25(12-13)21(26)15-9-14(5-6-16(15)22)31(27,28)24-18-10-17(23)19(29-2)11-20(18)30-3/h4-6,9-11,13,24H,1,7-8,12H2,2-3H3. The molecule has 0 radical (unpaired) electrons. The van der Waals surface area contributed by atoms with E-state index in [-0.39, 0.29) is 43.8 Å². The van der Waals surface area contributed by atoms with Gasteiger partial charge in [0.1, 0.15) is 11.5 Å². The Kier molecular flexibility index (Phi) is 7.03. The zero-order valence-electron chi connectivity index (χ0n) is 17.0. The van der Waals surface area contributed by atoms with E-state index < -0.39 is 10.0 Å². The third-order valence-corrected chi connectivity index (χ3v) is 7.03. The van der Waals surface area contributed by atoms with Crippen molar-refractivity contribution in [3.8, 4) is 11.5 Å².